The minimum atomic E-state index is -3.84. The molecule has 0 spiro atoms. The Hall–Kier alpha value is -2.13. The third kappa shape index (κ3) is 4.10. The summed E-state index contributed by atoms with van der Waals surface area (Å²) in [6.07, 6.45) is -0.551. The molecular weight excluding hydrogens is 350 g/mol. The molecule has 9 heteroatoms. The number of sulfonamides is 1. The van der Waals surface area contributed by atoms with E-state index in [0.717, 1.165) is 4.31 Å². The van der Waals surface area contributed by atoms with Crippen LogP contribution in [-0.2, 0) is 30.8 Å². The number of hydrogen-bond acceptors (Lipinski definition) is 6. The van der Waals surface area contributed by atoms with Gasteiger partial charge in [0.05, 0.1) is 17.4 Å². The molecule has 2 atom stereocenters. The van der Waals surface area contributed by atoms with Crippen molar-refractivity contribution in [2.45, 2.75) is 31.3 Å². The molecule has 1 aliphatic heterocycles. The summed E-state index contributed by atoms with van der Waals surface area (Å²) in [5.41, 5.74) is 0.596. The Kier molecular flexibility index (Phi) is 5.69. The number of aliphatic carboxylic acids is 1. The Morgan fingerprint density at radius 1 is 1.44 bits per heavy atom. The number of nitrogens with zero attached hydrogens (tertiary/aromatic N) is 1. The summed E-state index contributed by atoms with van der Waals surface area (Å²) in [6, 6.07) is 4.32. The molecule has 0 bridgehead atoms. The van der Waals surface area contributed by atoms with Crippen LogP contribution in [0.1, 0.15) is 19.4 Å². The molecule has 2 unspecified atom stereocenters. The van der Waals surface area contributed by atoms with Gasteiger partial charge >= 0.3 is 11.9 Å². The molecule has 0 amide bonds. The van der Waals surface area contributed by atoms with Crippen LogP contribution in [0.3, 0.4) is 0 Å². The third-order valence-electron chi connectivity index (χ3n) is 3.92. The molecule has 25 heavy (non-hydrogen) atoms. The lowest BCUT2D eigenvalue weighted by atomic mass is 10.1. The molecule has 0 saturated heterocycles. The molecule has 138 valence electrons. The van der Waals surface area contributed by atoms with Crippen molar-refractivity contribution in [2.75, 3.05) is 20.2 Å². The first-order chi connectivity index (χ1) is 11.7. The highest BCUT2D eigenvalue weighted by molar-refractivity contribution is 7.89. The van der Waals surface area contributed by atoms with Crippen LogP contribution in [0, 0.1) is 5.92 Å². The summed E-state index contributed by atoms with van der Waals surface area (Å²) < 4.78 is 36.6. The van der Waals surface area contributed by atoms with Gasteiger partial charge in [0.25, 0.3) is 0 Å². The second-order valence-corrected chi connectivity index (χ2v) is 7.90. The Labute approximate surface area is 146 Å². The maximum atomic E-state index is 12.6. The fraction of sp³-hybridized carbons (Fsp3) is 0.500. The number of hydrogen-bond donors (Lipinski definition) is 1. The summed E-state index contributed by atoms with van der Waals surface area (Å²) in [5.74, 6) is -1.94. The second-order valence-electron chi connectivity index (χ2n) is 5.86. The molecule has 1 aromatic carbocycles. The zero-order valence-electron chi connectivity index (χ0n) is 14.3. The summed E-state index contributed by atoms with van der Waals surface area (Å²) in [5, 5.41) is 8.94. The van der Waals surface area contributed by atoms with Gasteiger partial charge in [-0.15, -0.1) is 0 Å². The summed E-state index contributed by atoms with van der Waals surface area (Å²) in [7, 11) is -2.51. The number of carboxylic acid groups (broad SMARTS) is 1. The summed E-state index contributed by atoms with van der Waals surface area (Å²) in [4.78, 5) is 22.7. The van der Waals surface area contributed by atoms with Crippen LogP contribution < -0.4 is 4.74 Å². The lowest BCUT2D eigenvalue weighted by molar-refractivity contribution is -0.150. The van der Waals surface area contributed by atoms with Crippen molar-refractivity contribution in [2.24, 2.45) is 5.92 Å². The average molecular weight is 371 g/mol. The van der Waals surface area contributed by atoms with E-state index in [9.17, 15) is 18.0 Å². The number of carboxylic acids is 1. The number of rotatable bonds is 7. The van der Waals surface area contributed by atoms with E-state index in [1.807, 2.05) is 0 Å². The Balaban J connectivity index is 2.19. The van der Waals surface area contributed by atoms with Crippen molar-refractivity contribution < 1.29 is 32.6 Å². The Morgan fingerprint density at radius 3 is 2.72 bits per heavy atom. The average Bonchev–Trinajstić information content (AvgIpc) is 2.98. The van der Waals surface area contributed by atoms with E-state index in [4.69, 9.17) is 14.6 Å². The van der Waals surface area contributed by atoms with E-state index in [2.05, 4.69) is 0 Å². The van der Waals surface area contributed by atoms with Gasteiger partial charge in [0, 0.05) is 20.0 Å². The van der Waals surface area contributed by atoms with Crippen molar-refractivity contribution in [1.82, 2.24) is 4.31 Å². The van der Waals surface area contributed by atoms with Gasteiger partial charge in [0.15, 0.2) is 6.10 Å². The van der Waals surface area contributed by atoms with Crippen LogP contribution in [0.4, 0.5) is 0 Å². The molecule has 1 aliphatic rings. The molecular formula is C16H21NO7S. The van der Waals surface area contributed by atoms with E-state index in [0.29, 0.717) is 11.3 Å². The van der Waals surface area contributed by atoms with Gasteiger partial charge in [-0.2, -0.15) is 0 Å². The molecule has 0 aromatic heterocycles. The van der Waals surface area contributed by atoms with Crippen LogP contribution in [0.2, 0.25) is 0 Å². The lowest BCUT2D eigenvalue weighted by Crippen LogP contribution is -2.33. The first-order valence-electron chi connectivity index (χ1n) is 7.82. The van der Waals surface area contributed by atoms with Gasteiger partial charge in [-0.05, 0) is 30.7 Å². The molecule has 1 N–H and O–H groups in total. The highest BCUT2D eigenvalue weighted by atomic mass is 32.2. The molecule has 0 fully saturated rings. The topological polar surface area (TPSA) is 110 Å². The molecule has 0 radical (unpaired) electrons. The molecule has 2 rings (SSSR count). The molecule has 1 aromatic rings. The zero-order valence-corrected chi connectivity index (χ0v) is 15.1. The van der Waals surface area contributed by atoms with Gasteiger partial charge in [0.1, 0.15) is 5.75 Å². The number of esters is 1. The Bertz CT molecular complexity index is 775. The van der Waals surface area contributed by atoms with Gasteiger partial charge < -0.3 is 14.6 Å². The van der Waals surface area contributed by atoms with E-state index in [-0.39, 0.29) is 24.5 Å². The minimum Gasteiger partial charge on any atom is -0.481 e. The first kappa shape index (κ1) is 19.2. The van der Waals surface area contributed by atoms with E-state index in [1.54, 1.807) is 6.92 Å². The fourth-order valence-electron chi connectivity index (χ4n) is 2.49. The maximum Gasteiger partial charge on any atom is 0.347 e. The molecule has 8 nitrogen and oxygen atoms in total. The van der Waals surface area contributed by atoms with Crippen LogP contribution in [0.5, 0.6) is 5.75 Å². The smallest absolute Gasteiger partial charge is 0.347 e. The monoisotopic (exact) mass is 371 g/mol. The first-order valence-corrected chi connectivity index (χ1v) is 9.26. The van der Waals surface area contributed by atoms with Crippen molar-refractivity contribution >= 4 is 22.0 Å². The SMILES string of the molecule is CCOC(=O)C1Cc2cc(S(=O)(=O)N(C)CC(C)C(=O)O)ccc2O1. The van der Waals surface area contributed by atoms with Crippen molar-refractivity contribution in [1.29, 1.82) is 0 Å². The summed E-state index contributed by atoms with van der Waals surface area (Å²) in [6.45, 7) is 3.23. The largest absolute Gasteiger partial charge is 0.481 e. The highest BCUT2D eigenvalue weighted by Crippen LogP contribution is 2.32. The van der Waals surface area contributed by atoms with Crippen LogP contribution >= 0.6 is 0 Å². The number of carbonyl (C=O) groups is 2. The van der Waals surface area contributed by atoms with Crippen LogP contribution in [0.15, 0.2) is 23.1 Å². The predicted octanol–water partition coefficient (Wildman–Crippen LogP) is 0.894. The van der Waals surface area contributed by atoms with Gasteiger partial charge in [-0.3, -0.25) is 4.79 Å². The van der Waals surface area contributed by atoms with E-state index >= 15 is 0 Å². The predicted molar refractivity (Wildman–Crippen MR) is 87.8 cm³/mol. The highest BCUT2D eigenvalue weighted by Gasteiger charge is 2.32. The van der Waals surface area contributed by atoms with Crippen LogP contribution in [-0.4, -0.2) is 56.1 Å². The van der Waals surface area contributed by atoms with Crippen molar-refractivity contribution in [3.63, 3.8) is 0 Å². The van der Waals surface area contributed by atoms with Gasteiger partial charge in [-0.1, -0.05) is 6.92 Å². The standard InChI is InChI=1S/C16H21NO7S/c1-4-23-16(20)14-8-11-7-12(5-6-13(11)24-14)25(21,22)17(3)9-10(2)15(18)19/h5-7,10,14H,4,8-9H2,1-3H3,(H,18,19). The zero-order chi connectivity index (χ0) is 18.8. The summed E-state index contributed by atoms with van der Waals surface area (Å²) >= 11 is 0. The Morgan fingerprint density at radius 2 is 2.12 bits per heavy atom. The van der Waals surface area contributed by atoms with Crippen molar-refractivity contribution in [3.8, 4) is 5.75 Å². The normalized spacial score (nSPS) is 17.7. The van der Waals surface area contributed by atoms with Crippen LogP contribution in [0.25, 0.3) is 0 Å². The maximum absolute atomic E-state index is 12.6. The molecule has 1 heterocycles. The van der Waals surface area contributed by atoms with Crippen molar-refractivity contribution in [3.05, 3.63) is 23.8 Å². The number of fused-ring (bicyclic) bond motifs is 1. The lowest BCUT2D eigenvalue weighted by Gasteiger charge is -2.19. The third-order valence-corrected chi connectivity index (χ3v) is 5.74. The van der Waals surface area contributed by atoms with Gasteiger partial charge in [0.2, 0.25) is 10.0 Å². The fourth-order valence-corrected chi connectivity index (χ4v) is 3.80. The molecule has 0 aliphatic carbocycles. The number of benzene rings is 1. The van der Waals surface area contributed by atoms with E-state index < -0.39 is 34.0 Å². The number of carbonyl (C=O) groups excluding carboxylic acids is 1. The minimum absolute atomic E-state index is 0.0273. The quantitative estimate of drug-likeness (QED) is 0.709. The van der Waals surface area contributed by atoms with Gasteiger partial charge in [-0.25, -0.2) is 17.5 Å². The molecule has 0 saturated carbocycles. The van der Waals surface area contributed by atoms with E-state index in [1.165, 1.54) is 32.2 Å². The second kappa shape index (κ2) is 7.40. The number of ether oxygens (including phenoxy) is 2.